The Morgan fingerprint density at radius 3 is 2.79 bits per heavy atom. The Morgan fingerprint density at radius 2 is 2.05 bits per heavy atom. The van der Waals surface area contributed by atoms with Gasteiger partial charge in [-0.05, 0) is 41.5 Å². The highest BCUT2D eigenvalue weighted by Crippen LogP contribution is 2.23. The molecule has 0 heterocycles. The number of nitriles is 1. The van der Waals surface area contributed by atoms with Crippen LogP contribution < -0.4 is 4.74 Å². The number of ether oxygens (including phenoxy) is 1. The van der Waals surface area contributed by atoms with Crippen molar-refractivity contribution in [1.29, 1.82) is 5.26 Å². The molecule has 0 amide bonds. The van der Waals surface area contributed by atoms with Gasteiger partial charge in [-0.25, -0.2) is 0 Å². The van der Waals surface area contributed by atoms with Crippen LogP contribution in [-0.4, -0.2) is 5.11 Å². The maximum absolute atomic E-state index is 9.17. The van der Waals surface area contributed by atoms with Crippen LogP contribution in [0.15, 0.2) is 46.9 Å². The zero-order valence-electron chi connectivity index (χ0n) is 10.1. The van der Waals surface area contributed by atoms with Crippen LogP contribution in [0.25, 0.3) is 0 Å². The summed E-state index contributed by atoms with van der Waals surface area (Å²) >= 11 is 3.35. The van der Waals surface area contributed by atoms with Crippen LogP contribution in [0.5, 0.6) is 5.75 Å². The molecule has 4 heteroatoms. The van der Waals surface area contributed by atoms with Crippen molar-refractivity contribution in [2.45, 2.75) is 13.2 Å². The first-order valence-corrected chi connectivity index (χ1v) is 6.53. The summed E-state index contributed by atoms with van der Waals surface area (Å²) in [6, 6.07) is 14.9. The number of aliphatic hydroxyl groups excluding tert-OH is 1. The first-order chi connectivity index (χ1) is 9.22. The molecule has 0 aliphatic heterocycles. The minimum absolute atomic E-state index is 0.0400. The molecule has 0 atom stereocenters. The van der Waals surface area contributed by atoms with E-state index in [0.29, 0.717) is 17.9 Å². The highest BCUT2D eigenvalue weighted by atomic mass is 79.9. The summed E-state index contributed by atoms with van der Waals surface area (Å²) in [5.74, 6) is 0.689. The normalized spacial score (nSPS) is 9.95. The van der Waals surface area contributed by atoms with Crippen molar-refractivity contribution in [3.8, 4) is 11.8 Å². The molecular formula is C15H12BrNO2. The molecule has 0 aliphatic carbocycles. The second kappa shape index (κ2) is 6.37. The number of hydrogen-bond acceptors (Lipinski definition) is 3. The third kappa shape index (κ3) is 3.57. The Bertz CT molecular complexity index is 620. The van der Waals surface area contributed by atoms with Crippen LogP contribution in [0.3, 0.4) is 0 Å². The van der Waals surface area contributed by atoms with Gasteiger partial charge >= 0.3 is 0 Å². The number of aliphatic hydroxyl groups is 1. The molecule has 2 rings (SSSR count). The van der Waals surface area contributed by atoms with Crippen molar-refractivity contribution in [3.63, 3.8) is 0 Å². The van der Waals surface area contributed by atoms with Gasteiger partial charge in [-0.2, -0.15) is 5.26 Å². The van der Waals surface area contributed by atoms with Gasteiger partial charge in [0, 0.05) is 4.47 Å². The van der Waals surface area contributed by atoms with Gasteiger partial charge in [0.15, 0.2) is 0 Å². The van der Waals surface area contributed by atoms with E-state index in [0.717, 1.165) is 15.6 Å². The van der Waals surface area contributed by atoms with Crippen LogP contribution in [0.1, 0.15) is 16.7 Å². The number of halogens is 1. The average Bonchev–Trinajstić information content (AvgIpc) is 2.46. The number of benzene rings is 2. The Labute approximate surface area is 120 Å². The third-order valence-corrected chi connectivity index (χ3v) is 3.42. The smallest absolute Gasteiger partial charge is 0.120 e. The van der Waals surface area contributed by atoms with Crippen molar-refractivity contribution in [2.24, 2.45) is 0 Å². The molecule has 2 aromatic carbocycles. The first kappa shape index (κ1) is 13.6. The fraction of sp³-hybridized carbons (Fsp3) is 0.133. The van der Waals surface area contributed by atoms with E-state index in [1.165, 1.54) is 0 Å². The molecular weight excluding hydrogens is 306 g/mol. The molecule has 0 aliphatic rings. The predicted molar refractivity (Wildman–Crippen MR) is 75.6 cm³/mol. The second-order valence-electron chi connectivity index (χ2n) is 4.01. The lowest BCUT2D eigenvalue weighted by Crippen LogP contribution is -1.97. The van der Waals surface area contributed by atoms with E-state index in [1.54, 1.807) is 18.2 Å². The summed E-state index contributed by atoms with van der Waals surface area (Å²) in [7, 11) is 0. The highest BCUT2D eigenvalue weighted by Gasteiger charge is 2.02. The van der Waals surface area contributed by atoms with Gasteiger partial charge in [-0.3, -0.25) is 0 Å². The lowest BCUT2D eigenvalue weighted by Gasteiger charge is -2.09. The minimum Gasteiger partial charge on any atom is -0.489 e. The van der Waals surface area contributed by atoms with Gasteiger partial charge in [0.25, 0.3) is 0 Å². The van der Waals surface area contributed by atoms with Crippen molar-refractivity contribution in [1.82, 2.24) is 0 Å². The molecule has 0 spiro atoms. The molecule has 0 aromatic heterocycles. The van der Waals surface area contributed by atoms with E-state index in [2.05, 4.69) is 22.0 Å². The van der Waals surface area contributed by atoms with E-state index in [4.69, 9.17) is 10.00 Å². The van der Waals surface area contributed by atoms with Gasteiger partial charge in [-0.1, -0.05) is 28.1 Å². The van der Waals surface area contributed by atoms with Crippen molar-refractivity contribution >= 4 is 15.9 Å². The zero-order chi connectivity index (χ0) is 13.7. The van der Waals surface area contributed by atoms with E-state index < -0.39 is 0 Å². The average molecular weight is 318 g/mol. The Kier molecular flexibility index (Phi) is 4.56. The molecule has 0 saturated carbocycles. The fourth-order valence-electron chi connectivity index (χ4n) is 1.66. The molecule has 96 valence electrons. The molecule has 0 saturated heterocycles. The van der Waals surface area contributed by atoms with Gasteiger partial charge in [0.05, 0.1) is 18.2 Å². The predicted octanol–water partition coefficient (Wildman–Crippen LogP) is 3.39. The summed E-state index contributed by atoms with van der Waals surface area (Å²) in [4.78, 5) is 0. The van der Waals surface area contributed by atoms with Crippen molar-refractivity contribution < 1.29 is 9.84 Å². The summed E-state index contributed by atoms with van der Waals surface area (Å²) in [5, 5.41) is 18.0. The Balaban J connectivity index is 2.08. The van der Waals surface area contributed by atoms with Crippen LogP contribution in [0.2, 0.25) is 0 Å². The van der Waals surface area contributed by atoms with Crippen molar-refractivity contribution in [3.05, 3.63) is 63.6 Å². The molecule has 2 aromatic rings. The molecule has 19 heavy (non-hydrogen) atoms. The summed E-state index contributed by atoms with van der Waals surface area (Å²) in [6.45, 7) is 0.351. The topological polar surface area (TPSA) is 53.2 Å². The summed E-state index contributed by atoms with van der Waals surface area (Å²) in [5.41, 5.74) is 2.34. The molecule has 1 N–H and O–H groups in total. The first-order valence-electron chi connectivity index (χ1n) is 5.74. The van der Waals surface area contributed by atoms with E-state index in [9.17, 15) is 5.11 Å². The standard InChI is InChI=1S/C15H12BrNO2/c16-15-5-4-14(7-13(15)9-18)19-10-12-3-1-2-11(6-12)8-17/h1-7,18H,9-10H2. The van der Waals surface area contributed by atoms with Crippen LogP contribution in [-0.2, 0) is 13.2 Å². The number of hydrogen-bond donors (Lipinski definition) is 1. The summed E-state index contributed by atoms with van der Waals surface area (Å²) < 4.78 is 6.50. The van der Waals surface area contributed by atoms with Gasteiger partial charge in [0.1, 0.15) is 12.4 Å². The quantitative estimate of drug-likeness (QED) is 0.940. The number of rotatable bonds is 4. The maximum atomic E-state index is 9.17. The van der Waals surface area contributed by atoms with Crippen LogP contribution >= 0.6 is 15.9 Å². The maximum Gasteiger partial charge on any atom is 0.120 e. The Hall–Kier alpha value is -1.83. The second-order valence-corrected chi connectivity index (χ2v) is 4.87. The lowest BCUT2D eigenvalue weighted by atomic mass is 10.1. The zero-order valence-corrected chi connectivity index (χ0v) is 11.7. The van der Waals surface area contributed by atoms with Crippen LogP contribution in [0, 0.1) is 11.3 Å². The molecule has 0 unspecified atom stereocenters. The van der Waals surface area contributed by atoms with E-state index in [1.807, 2.05) is 24.3 Å². The van der Waals surface area contributed by atoms with Gasteiger partial charge in [0.2, 0.25) is 0 Å². The molecule has 0 bridgehead atoms. The monoisotopic (exact) mass is 317 g/mol. The third-order valence-electron chi connectivity index (χ3n) is 2.65. The Morgan fingerprint density at radius 1 is 1.21 bits per heavy atom. The van der Waals surface area contributed by atoms with Gasteiger partial charge < -0.3 is 9.84 Å². The molecule has 0 radical (unpaired) electrons. The number of nitrogens with zero attached hydrogens (tertiary/aromatic N) is 1. The van der Waals surface area contributed by atoms with Crippen LogP contribution in [0.4, 0.5) is 0 Å². The van der Waals surface area contributed by atoms with E-state index >= 15 is 0 Å². The van der Waals surface area contributed by atoms with Gasteiger partial charge in [-0.15, -0.1) is 0 Å². The molecule has 0 fully saturated rings. The lowest BCUT2D eigenvalue weighted by molar-refractivity contribution is 0.277. The summed E-state index contributed by atoms with van der Waals surface area (Å²) in [6.07, 6.45) is 0. The van der Waals surface area contributed by atoms with E-state index in [-0.39, 0.29) is 6.61 Å². The van der Waals surface area contributed by atoms with Crippen molar-refractivity contribution in [2.75, 3.05) is 0 Å². The fourth-order valence-corrected chi connectivity index (χ4v) is 2.03. The highest BCUT2D eigenvalue weighted by molar-refractivity contribution is 9.10. The SMILES string of the molecule is N#Cc1cccc(COc2ccc(Br)c(CO)c2)c1. The minimum atomic E-state index is -0.0400. The largest absolute Gasteiger partial charge is 0.489 e. The molecule has 3 nitrogen and oxygen atoms in total.